The van der Waals surface area contributed by atoms with Gasteiger partial charge in [0.2, 0.25) is 5.91 Å². The molecule has 2 aromatic heterocycles. The summed E-state index contributed by atoms with van der Waals surface area (Å²) in [7, 11) is 2.09. The van der Waals surface area contributed by atoms with Crippen LogP contribution in [0.3, 0.4) is 0 Å². The Labute approximate surface area is 214 Å². The number of anilines is 3. The SMILES string of the molecule is C=Cc1nn(C2CCN(C)CC2)cc1Nc1cc(NCCCN2CCOCCC2=O)c(C(F)(F)F)cn1. The Kier molecular flexibility index (Phi) is 8.70. The topological polar surface area (TPSA) is 87.5 Å². The summed E-state index contributed by atoms with van der Waals surface area (Å²) in [5.41, 5.74) is 0.330. The minimum atomic E-state index is -4.56. The average Bonchev–Trinajstić information content (AvgIpc) is 3.15. The maximum Gasteiger partial charge on any atom is 0.419 e. The van der Waals surface area contributed by atoms with Gasteiger partial charge in [-0.1, -0.05) is 6.58 Å². The fraction of sp³-hybridized carbons (Fsp3) is 0.560. The second kappa shape index (κ2) is 12.0. The Bertz CT molecular complexity index is 1080. The Morgan fingerprint density at radius 1 is 1.22 bits per heavy atom. The van der Waals surface area contributed by atoms with Crippen LogP contribution in [-0.4, -0.2) is 83.5 Å². The van der Waals surface area contributed by atoms with Gasteiger partial charge in [0.15, 0.2) is 0 Å². The van der Waals surface area contributed by atoms with Crippen LogP contribution in [0.25, 0.3) is 6.08 Å². The Morgan fingerprint density at radius 2 is 2.00 bits per heavy atom. The number of piperidine rings is 1. The van der Waals surface area contributed by atoms with Crippen molar-refractivity contribution in [3.63, 3.8) is 0 Å². The number of nitrogens with one attached hydrogen (secondary N) is 2. The van der Waals surface area contributed by atoms with E-state index in [1.54, 1.807) is 11.0 Å². The van der Waals surface area contributed by atoms with E-state index in [0.717, 1.165) is 32.1 Å². The van der Waals surface area contributed by atoms with Gasteiger partial charge in [-0.25, -0.2) is 4.98 Å². The molecule has 9 nitrogen and oxygen atoms in total. The molecule has 0 unspecified atom stereocenters. The first-order chi connectivity index (χ1) is 17.7. The molecule has 1 amide bonds. The highest BCUT2D eigenvalue weighted by atomic mass is 19.4. The van der Waals surface area contributed by atoms with Gasteiger partial charge in [0.05, 0.1) is 42.6 Å². The van der Waals surface area contributed by atoms with Gasteiger partial charge >= 0.3 is 6.18 Å². The number of carbonyl (C=O) groups excluding carboxylic acids is 1. The predicted molar refractivity (Wildman–Crippen MR) is 136 cm³/mol. The quantitative estimate of drug-likeness (QED) is 0.483. The largest absolute Gasteiger partial charge is 0.419 e. The molecule has 0 bridgehead atoms. The fourth-order valence-electron chi connectivity index (χ4n) is 4.58. The van der Waals surface area contributed by atoms with E-state index in [-0.39, 0.29) is 30.0 Å². The zero-order chi connectivity index (χ0) is 26.4. The highest BCUT2D eigenvalue weighted by Crippen LogP contribution is 2.36. The highest BCUT2D eigenvalue weighted by Gasteiger charge is 2.34. The van der Waals surface area contributed by atoms with E-state index in [0.29, 0.717) is 50.5 Å². The lowest BCUT2D eigenvalue weighted by molar-refractivity contribution is -0.137. The minimum absolute atomic E-state index is 0.00249. The first-order valence-electron chi connectivity index (χ1n) is 12.6. The van der Waals surface area contributed by atoms with Gasteiger partial charge in [-0.2, -0.15) is 18.3 Å². The second-order valence-corrected chi connectivity index (χ2v) is 9.41. The molecule has 0 aromatic carbocycles. The van der Waals surface area contributed by atoms with Crippen LogP contribution in [0.5, 0.6) is 0 Å². The van der Waals surface area contributed by atoms with Crippen molar-refractivity contribution in [1.29, 1.82) is 0 Å². The maximum atomic E-state index is 13.7. The zero-order valence-electron chi connectivity index (χ0n) is 21.1. The van der Waals surface area contributed by atoms with Crippen LogP contribution >= 0.6 is 0 Å². The first-order valence-corrected chi connectivity index (χ1v) is 12.6. The van der Waals surface area contributed by atoms with E-state index in [1.807, 2.05) is 10.9 Å². The third-order valence-corrected chi connectivity index (χ3v) is 6.73. The third-order valence-electron chi connectivity index (χ3n) is 6.73. The molecule has 2 fully saturated rings. The van der Waals surface area contributed by atoms with Crippen LogP contribution in [0.2, 0.25) is 0 Å². The number of halogens is 3. The van der Waals surface area contributed by atoms with Gasteiger partial charge in [0.25, 0.3) is 0 Å². The van der Waals surface area contributed by atoms with Gasteiger partial charge in [0, 0.05) is 38.1 Å². The third kappa shape index (κ3) is 7.01. The Hall–Kier alpha value is -3.12. The summed E-state index contributed by atoms with van der Waals surface area (Å²) in [5, 5.41) is 10.6. The molecule has 0 aliphatic carbocycles. The summed E-state index contributed by atoms with van der Waals surface area (Å²) < 4.78 is 48.2. The lowest BCUT2D eigenvalue weighted by Gasteiger charge is -2.28. The van der Waals surface area contributed by atoms with Crippen LogP contribution in [-0.2, 0) is 15.7 Å². The summed E-state index contributed by atoms with van der Waals surface area (Å²) in [6, 6.07) is 1.61. The Morgan fingerprint density at radius 3 is 2.73 bits per heavy atom. The summed E-state index contributed by atoms with van der Waals surface area (Å²) in [5.74, 6) is 0.268. The van der Waals surface area contributed by atoms with E-state index in [4.69, 9.17) is 4.74 Å². The van der Waals surface area contributed by atoms with Crippen molar-refractivity contribution in [2.75, 3.05) is 63.6 Å². The van der Waals surface area contributed by atoms with Crippen LogP contribution < -0.4 is 10.6 Å². The Balaban J connectivity index is 1.44. The van der Waals surface area contributed by atoms with Crippen LogP contribution in [0.15, 0.2) is 25.0 Å². The number of rotatable bonds is 9. The van der Waals surface area contributed by atoms with Crippen molar-refractivity contribution in [2.45, 2.75) is 37.9 Å². The van der Waals surface area contributed by atoms with Crippen LogP contribution in [0.1, 0.15) is 43.0 Å². The molecule has 4 heterocycles. The summed E-state index contributed by atoms with van der Waals surface area (Å²) in [6.07, 6.45) is 2.51. The van der Waals surface area contributed by atoms with Crippen molar-refractivity contribution in [3.8, 4) is 0 Å². The van der Waals surface area contributed by atoms with E-state index in [1.165, 1.54) is 6.07 Å². The van der Waals surface area contributed by atoms with Gasteiger partial charge in [-0.05, 0) is 45.5 Å². The highest BCUT2D eigenvalue weighted by molar-refractivity contribution is 5.76. The van der Waals surface area contributed by atoms with E-state index >= 15 is 0 Å². The number of pyridine rings is 1. The molecule has 0 spiro atoms. The van der Waals surface area contributed by atoms with Gasteiger partial charge in [-0.15, -0.1) is 0 Å². The zero-order valence-corrected chi connectivity index (χ0v) is 21.1. The molecule has 202 valence electrons. The van der Waals surface area contributed by atoms with Gasteiger partial charge in [-0.3, -0.25) is 9.48 Å². The molecule has 4 rings (SSSR count). The molecule has 37 heavy (non-hydrogen) atoms. The molecule has 2 aromatic rings. The number of carbonyl (C=O) groups is 1. The predicted octanol–water partition coefficient (Wildman–Crippen LogP) is 4.00. The fourth-order valence-corrected chi connectivity index (χ4v) is 4.58. The monoisotopic (exact) mass is 521 g/mol. The first kappa shape index (κ1) is 26.9. The number of hydrogen-bond donors (Lipinski definition) is 2. The number of likely N-dealkylation sites (tertiary alicyclic amines) is 1. The van der Waals surface area contributed by atoms with E-state index < -0.39 is 11.7 Å². The molecule has 0 atom stereocenters. The summed E-state index contributed by atoms with van der Waals surface area (Å²) in [4.78, 5) is 20.1. The van der Waals surface area contributed by atoms with E-state index in [9.17, 15) is 18.0 Å². The molecule has 2 aliphatic rings. The summed E-state index contributed by atoms with van der Waals surface area (Å²) >= 11 is 0. The van der Waals surface area contributed by atoms with Gasteiger partial charge < -0.3 is 25.2 Å². The molecule has 2 saturated heterocycles. The number of ether oxygens (including phenoxy) is 1. The lowest BCUT2D eigenvalue weighted by atomic mass is 10.1. The average molecular weight is 522 g/mol. The van der Waals surface area contributed by atoms with Crippen LogP contribution in [0.4, 0.5) is 30.4 Å². The van der Waals surface area contributed by atoms with Crippen LogP contribution in [0, 0.1) is 0 Å². The molecular weight excluding hydrogens is 487 g/mol. The lowest BCUT2D eigenvalue weighted by Crippen LogP contribution is -2.33. The normalized spacial score (nSPS) is 18.1. The molecule has 0 saturated carbocycles. The molecular formula is C25H34F3N7O2. The van der Waals surface area contributed by atoms with Crippen molar-refractivity contribution in [1.82, 2.24) is 24.6 Å². The van der Waals surface area contributed by atoms with Crippen molar-refractivity contribution in [3.05, 3.63) is 36.3 Å². The number of hydrogen-bond acceptors (Lipinski definition) is 7. The number of nitrogens with zero attached hydrogens (tertiary/aromatic N) is 5. The van der Waals surface area contributed by atoms with Gasteiger partial charge in [0.1, 0.15) is 11.5 Å². The van der Waals surface area contributed by atoms with Crippen molar-refractivity contribution < 1.29 is 22.7 Å². The molecule has 2 aliphatic heterocycles. The van der Waals surface area contributed by atoms with Crippen molar-refractivity contribution >= 4 is 29.2 Å². The minimum Gasteiger partial charge on any atom is -0.384 e. The maximum absolute atomic E-state index is 13.7. The number of aromatic nitrogens is 3. The molecule has 2 N–H and O–H groups in total. The van der Waals surface area contributed by atoms with E-state index in [2.05, 4.69) is 39.2 Å². The summed E-state index contributed by atoms with van der Waals surface area (Å²) in [6.45, 7) is 7.86. The smallest absolute Gasteiger partial charge is 0.384 e. The standard InChI is InChI=1S/C25H34F3N7O2/c1-3-20-22(17-35(32-20)18-5-10-33(2)11-6-18)31-23-15-21(19(16-30-23)25(26,27)28)29-8-4-9-34-12-14-37-13-7-24(34)36/h3,15-18H,1,4-14H2,2H3,(H2,29,30,31). The number of amides is 1. The molecule has 12 heteroatoms. The van der Waals surface area contributed by atoms with Crippen molar-refractivity contribution in [2.24, 2.45) is 0 Å². The number of alkyl halides is 3. The second-order valence-electron chi connectivity index (χ2n) is 9.41. The molecule has 0 radical (unpaired) electrons.